The first-order valence-corrected chi connectivity index (χ1v) is 7.12. The van der Waals surface area contributed by atoms with Crippen LogP contribution < -0.4 is 0 Å². The minimum Gasteiger partial charge on any atom is -0.388 e. The zero-order valence-corrected chi connectivity index (χ0v) is 12.1. The maximum absolute atomic E-state index is 10.4. The van der Waals surface area contributed by atoms with Crippen molar-refractivity contribution in [3.63, 3.8) is 0 Å². The van der Waals surface area contributed by atoms with Crippen LogP contribution in [-0.2, 0) is 0 Å². The number of aliphatic hydroxyl groups is 1. The van der Waals surface area contributed by atoms with E-state index >= 15 is 0 Å². The van der Waals surface area contributed by atoms with Gasteiger partial charge in [-0.15, -0.1) is 0 Å². The number of aromatic nitrogens is 1. The number of nitrogens with zero attached hydrogens (tertiary/aromatic N) is 1. The van der Waals surface area contributed by atoms with Gasteiger partial charge >= 0.3 is 0 Å². The number of fused-ring (bicyclic) bond motifs is 1. The first kappa shape index (κ1) is 14.0. The van der Waals surface area contributed by atoms with Crippen molar-refractivity contribution >= 4 is 10.9 Å². The minimum atomic E-state index is -0.384. The Balaban J connectivity index is 2.23. The smallest absolute Gasteiger partial charge is 0.0797 e. The van der Waals surface area contributed by atoms with Gasteiger partial charge in [0.15, 0.2) is 0 Å². The van der Waals surface area contributed by atoms with Crippen LogP contribution in [0.5, 0.6) is 0 Å². The van der Waals surface area contributed by atoms with E-state index in [2.05, 4.69) is 18.8 Å². The van der Waals surface area contributed by atoms with E-state index in [1.54, 1.807) is 0 Å². The lowest BCUT2D eigenvalue weighted by atomic mass is 9.97. The molecule has 1 atom stereocenters. The first-order chi connectivity index (χ1) is 9.08. The number of hydrogen-bond acceptors (Lipinski definition) is 2. The molecule has 0 amide bonds. The largest absolute Gasteiger partial charge is 0.388 e. The molecule has 1 heterocycles. The summed E-state index contributed by atoms with van der Waals surface area (Å²) in [5, 5.41) is 11.5. The highest BCUT2D eigenvalue weighted by molar-refractivity contribution is 5.82. The van der Waals surface area contributed by atoms with Crippen LogP contribution in [0.3, 0.4) is 0 Å². The maximum atomic E-state index is 10.4. The minimum absolute atomic E-state index is 0.384. The number of para-hydroxylation sites is 1. The van der Waals surface area contributed by atoms with Gasteiger partial charge in [0.2, 0.25) is 0 Å². The molecule has 102 valence electrons. The van der Waals surface area contributed by atoms with Gasteiger partial charge in [-0.3, -0.25) is 4.98 Å². The lowest BCUT2D eigenvalue weighted by Gasteiger charge is -2.15. The van der Waals surface area contributed by atoms with Gasteiger partial charge in [-0.05, 0) is 37.0 Å². The Morgan fingerprint density at radius 1 is 1.16 bits per heavy atom. The summed E-state index contributed by atoms with van der Waals surface area (Å²) >= 11 is 0. The Morgan fingerprint density at radius 3 is 2.63 bits per heavy atom. The van der Waals surface area contributed by atoms with Crippen molar-refractivity contribution in [2.45, 2.75) is 46.1 Å². The highest BCUT2D eigenvalue weighted by atomic mass is 16.3. The van der Waals surface area contributed by atoms with Crippen molar-refractivity contribution in [2.24, 2.45) is 5.92 Å². The summed E-state index contributed by atoms with van der Waals surface area (Å²) in [7, 11) is 0. The highest BCUT2D eigenvalue weighted by Gasteiger charge is 2.12. The Bertz CT molecular complexity index is 548. The van der Waals surface area contributed by atoms with Crippen LogP contribution in [0.4, 0.5) is 0 Å². The van der Waals surface area contributed by atoms with Gasteiger partial charge in [0, 0.05) is 11.1 Å². The Kier molecular flexibility index (Phi) is 4.54. The third kappa shape index (κ3) is 3.54. The van der Waals surface area contributed by atoms with Gasteiger partial charge in [-0.1, -0.05) is 44.9 Å². The standard InChI is InChI=1S/C17H23NO/c1-12(2)7-6-10-17(19)15-11-13(3)18-16-9-5-4-8-14(15)16/h4-5,8-9,11-12,17,19H,6-7,10H2,1-3H3. The first-order valence-electron chi connectivity index (χ1n) is 7.12. The fraction of sp³-hybridized carbons (Fsp3) is 0.471. The Labute approximate surface area is 115 Å². The summed E-state index contributed by atoms with van der Waals surface area (Å²) in [6.07, 6.45) is 2.67. The lowest BCUT2D eigenvalue weighted by Crippen LogP contribution is -2.01. The molecular formula is C17H23NO. The van der Waals surface area contributed by atoms with E-state index in [0.29, 0.717) is 5.92 Å². The van der Waals surface area contributed by atoms with Gasteiger partial charge in [0.05, 0.1) is 11.6 Å². The molecule has 0 spiro atoms. The summed E-state index contributed by atoms with van der Waals surface area (Å²) in [6, 6.07) is 10.1. The normalized spacial score (nSPS) is 13.1. The molecule has 1 aromatic carbocycles. The van der Waals surface area contributed by atoms with Crippen molar-refractivity contribution in [3.8, 4) is 0 Å². The van der Waals surface area contributed by atoms with Gasteiger partial charge in [-0.25, -0.2) is 0 Å². The number of hydrogen-bond donors (Lipinski definition) is 1. The number of rotatable bonds is 5. The highest BCUT2D eigenvalue weighted by Crippen LogP contribution is 2.27. The van der Waals surface area contributed by atoms with E-state index in [0.717, 1.165) is 35.0 Å². The molecule has 0 aliphatic heterocycles. The SMILES string of the molecule is Cc1cc(C(O)CCCC(C)C)c2ccccc2n1. The number of benzene rings is 1. The van der Waals surface area contributed by atoms with Crippen LogP contribution in [-0.4, -0.2) is 10.1 Å². The second kappa shape index (κ2) is 6.16. The van der Waals surface area contributed by atoms with Crippen molar-refractivity contribution in [2.75, 3.05) is 0 Å². The molecule has 2 aromatic rings. The van der Waals surface area contributed by atoms with Crippen LogP contribution in [0.2, 0.25) is 0 Å². The third-order valence-corrected chi connectivity index (χ3v) is 3.49. The zero-order valence-electron chi connectivity index (χ0n) is 12.1. The van der Waals surface area contributed by atoms with Crippen molar-refractivity contribution in [1.82, 2.24) is 4.98 Å². The van der Waals surface area contributed by atoms with E-state index in [9.17, 15) is 5.11 Å². The molecule has 0 fully saturated rings. The quantitative estimate of drug-likeness (QED) is 0.861. The lowest BCUT2D eigenvalue weighted by molar-refractivity contribution is 0.163. The number of pyridine rings is 1. The zero-order chi connectivity index (χ0) is 13.8. The summed E-state index contributed by atoms with van der Waals surface area (Å²) in [5.41, 5.74) is 2.96. The second-order valence-corrected chi connectivity index (χ2v) is 5.71. The molecule has 2 heteroatoms. The van der Waals surface area contributed by atoms with Crippen molar-refractivity contribution in [3.05, 3.63) is 41.6 Å². The molecule has 0 bridgehead atoms. The molecule has 2 rings (SSSR count). The molecule has 0 saturated heterocycles. The average molecular weight is 257 g/mol. The van der Waals surface area contributed by atoms with Gasteiger partial charge in [0.1, 0.15) is 0 Å². The summed E-state index contributed by atoms with van der Waals surface area (Å²) in [5.74, 6) is 0.697. The molecule has 1 N–H and O–H groups in total. The fourth-order valence-corrected chi connectivity index (χ4v) is 2.49. The van der Waals surface area contributed by atoms with Crippen LogP contribution in [0, 0.1) is 12.8 Å². The number of aliphatic hydroxyl groups excluding tert-OH is 1. The van der Waals surface area contributed by atoms with E-state index in [4.69, 9.17) is 0 Å². The Morgan fingerprint density at radius 2 is 1.89 bits per heavy atom. The average Bonchev–Trinajstić information content (AvgIpc) is 2.37. The van der Waals surface area contributed by atoms with Crippen molar-refractivity contribution in [1.29, 1.82) is 0 Å². The molecule has 0 saturated carbocycles. The van der Waals surface area contributed by atoms with E-state index in [1.807, 2.05) is 37.3 Å². The van der Waals surface area contributed by atoms with Crippen LogP contribution in [0.15, 0.2) is 30.3 Å². The molecule has 1 aromatic heterocycles. The molecule has 19 heavy (non-hydrogen) atoms. The third-order valence-electron chi connectivity index (χ3n) is 3.49. The molecule has 0 aliphatic carbocycles. The van der Waals surface area contributed by atoms with Crippen LogP contribution >= 0.6 is 0 Å². The summed E-state index contributed by atoms with van der Waals surface area (Å²) in [6.45, 7) is 6.42. The van der Waals surface area contributed by atoms with Crippen molar-refractivity contribution < 1.29 is 5.11 Å². The van der Waals surface area contributed by atoms with Crippen LogP contribution in [0.25, 0.3) is 10.9 Å². The Hall–Kier alpha value is -1.41. The molecule has 0 aliphatic rings. The van der Waals surface area contributed by atoms with Crippen LogP contribution in [0.1, 0.15) is 50.5 Å². The molecule has 1 unspecified atom stereocenters. The predicted octanol–water partition coefficient (Wildman–Crippen LogP) is 4.40. The predicted molar refractivity (Wildman–Crippen MR) is 80.1 cm³/mol. The topological polar surface area (TPSA) is 33.1 Å². The fourth-order valence-electron chi connectivity index (χ4n) is 2.49. The number of aryl methyl sites for hydroxylation is 1. The maximum Gasteiger partial charge on any atom is 0.0797 e. The van der Waals surface area contributed by atoms with E-state index in [-0.39, 0.29) is 6.10 Å². The monoisotopic (exact) mass is 257 g/mol. The molecule has 2 nitrogen and oxygen atoms in total. The molecular weight excluding hydrogens is 234 g/mol. The second-order valence-electron chi connectivity index (χ2n) is 5.71. The van der Waals surface area contributed by atoms with Gasteiger partial charge in [0.25, 0.3) is 0 Å². The van der Waals surface area contributed by atoms with E-state index in [1.165, 1.54) is 6.42 Å². The van der Waals surface area contributed by atoms with E-state index < -0.39 is 0 Å². The van der Waals surface area contributed by atoms with Gasteiger partial charge < -0.3 is 5.11 Å². The van der Waals surface area contributed by atoms with Gasteiger partial charge in [-0.2, -0.15) is 0 Å². The summed E-state index contributed by atoms with van der Waals surface area (Å²) < 4.78 is 0. The summed E-state index contributed by atoms with van der Waals surface area (Å²) in [4.78, 5) is 4.52. The molecule has 0 radical (unpaired) electrons.